The van der Waals surface area contributed by atoms with Crippen LogP contribution in [0.1, 0.15) is 16.1 Å². The van der Waals surface area contributed by atoms with Crippen LogP contribution in [0.25, 0.3) is 22.0 Å². The van der Waals surface area contributed by atoms with Gasteiger partial charge in [-0.15, -0.1) is 0 Å². The molecule has 0 saturated heterocycles. The Morgan fingerprint density at radius 2 is 1.89 bits per heavy atom. The summed E-state index contributed by atoms with van der Waals surface area (Å²) >= 11 is 0. The van der Waals surface area contributed by atoms with E-state index >= 15 is 0 Å². The Bertz CT molecular complexity index is 1680. The average molecular weight is 501 g/mol. The number of aromatic nitrogens is 2. The van der Waals surface area contributed by atoms with Crippen LogP contribution in [-0.2, 0) is 16.6 Å². The number of amides is 1. The minimum atomic E-state index is -3.93. The first kappa shape index (κ1) is 22.6. The standard InChI is InChI=1S/C23H17F2N3O6S/c1-35(31,32)27-23(30)19-9-16-18(28(19)10-12-7-13(24)4-5-17(12)25)8-15(20-21(16)34-11-33-20)14-3-2-6-26-22(14)29/h2-9H,10-11H2,1H3,(H,26,29)(H,27,30). The highest BCUT2D eigenvalue weighted by atomic mass is 32.2. The molecule has 4 aromatic rings. The fourth-order valence-corrected chi connectivity index (χ4v) is 4.47. The first-order valence-electron chi connectivity index (χ1n) is 10.2. The van der Waals surface area contributed by atoms with Crippen molar-refractivity contribution in [2.45, 2.75) is 6.54 Å². The Labute approximate surface area is 197 Å². The number of carbonyl (C=O) groups excluding carboxylic acids is 1. The second-order valence-corrected chi connectivity index (χ2v) is 9.64. The topological polar surface area (TPSA) is 119 Å². The number of nitrogens with zero attached hydrogens (tertiary/aromatic N) is 1. The maximum atomic E-state index is 14.5. The Balaban J connectivity index is 1.80. The fraction of sp³-hybridized carbons (Fsp3) is 0.130. The molecule has 35 heavy (non-hydrogen) atoms. The Morgan fingerprint density at radius 3 is 2.63 bits per heavy atom. The average Bonchev–Trinajstić information content (AvgIpc) is 3.40. The van der Waals surface area contributed by atoms with E-state index in [1.807, 2.05) is 4.72 Å². The third-order valence-corrected chi connectivity index (χ3v) is 6.03. The van der Waals surface area contributed by atoms with Crippen molar-refractivity contribution in [3.8, 4) is 22.6 Å². The predicted molar refractivity (Wildman–Crippen MR) is 122 cm³/mol. The maximum absolute atomic E-state index is 14.5. The number of sulfonamides is 1. The summed E-state index contributed by atoms with van der Waals surface area (Å²) in [5, 5.41) is 0.365. The van der Waals surface area contributed by atoms with E-state index in [4.69, 9.17) is 9.47 Å². The first-order valence-corrected chi connectivity index (χ1v) is 12.1. The van der Waals surface area contributed by atoms with Gasteiger partial charge in [0.1, 0.15) is 17.3 Å². The number of pyridine rings is 1. The minimum Gasteiger partial charge on any atom is -0.453 e. The van der Waals surface area contributed by atoms with Crippen molar-refractivity contribution in [3.05, 3.63) is 81.9 Å². The zero-order chi connectivity index (χ0) is 24.9. The predicted octanol–water partition coefficient (Wildman–Crippen LogP) is 2.74. The molecule has 1 aliphatic rings. The third kappa shape index (κ3) is 4.12. The molecule has 180 valence electrons. The molecule has 0 spiro atoms. The first-order chi connectivity index (χ1) is 16.6. The van der Waals surface area contributed by atoms with Gasteiger partial charge in [0.15, 0.2) is 11.5 Å². The smallest absolute Gasteiger partial charge is 0.281 e. The maximum Gasteiger partial charge on any atom is 0.281 e. The molecule has 0 fully saturated rings. The van der Waals surface area contributed by atoms with Crippen molar-refractivity contribution >= 4 is 26.8 Å². The lowest BCUT2D eigenvalue weighted by Gasteiger charge is -2.13. The summed E-state index contributed by atoms with van der Waals surface area (Å²) in [4.78, 5) is 28.0. The van der Waals surface area contributed by atoms with Crippen LogP contribution >= 0.6 is 0 Å². The molecule has 0 aliphatic carbocycles. The van der Waals surface area contributed by atoms with E-state index in [2.05, 4.69) is 4.98 Å². The molecular weight excluding hydrogens is 484 g/mol. The van der Waals surface area contributed by atoms with Crippen LogP contribution in [0.5, 0.6) is 11.5 Å². The molecule has 0 unspecified atom stereocenters. The van der Waals surface area contributed by atoms with Gasteiger partial charge in [0.05, 0.1) is 23.9 Å². The molecule has 1 amide bonds. The van der Waals surface area contributed by atoms with Crippen molar-refractivity contribution in [3.63, 3.8) is 0 Å². The van der Waals surface area contributed by atoms with Gasteiger partial charge in [-0.3, -0.25) is 9.59 Å². The number of H-pyrrole nitrogens is 1. The largest absolute Gasteiger partial charge is 0.453 e. The molecule has 0 bridgehead atoms. The van der Waals surface area contributed by atoms with Crippen molar-refractivity contribution in [2.24, 2.45) is 0 Å². The summed E-state index contributed by atoms with van der Waals surface area (Å²) in [6.45, 7) is -0.468. The highest BCUT2D eigenvalue weighted by Crippen LogP contribution is 2.47. The van der Waals surface area contributed by atoms with E-state index in [-0.39, 0.29) is 41.7 Å². The minimum absolute atomic E-state index is 0.0762. The van der Waals surface area contributed by atoms with Gasteiger partial charge >= 0.3 is 0 Å². The van der Waals surface area contributed by atoms with E-state index in [1.54, 1.807) is 18.2 Å². The molecule has 0 atom stereocenters. The fourth-order valence-electron chi connectivity index (χ4n) is 4.03. The van der Waals surface area contributed by atoms with E-state index in [0.717, 1.165) is 24.5 Å². The van der Waals surface area contributed by atoms with Gasteiger partial charge in [0.25, 0.3) is 11.5 Å². The summed E-state index contributed by atoms with van der Waals surface area (Å²) < 4.78 is 66.3. The second-order valence-electron chi connectivity index (χ2n) is 7.89. The summed E-state index contributed by atoms with van der Waals surface area (Å²) in [6.07, 6.45) is 2.28. The number of ether oxygens (including phenoxy) is 2. The number of carbonyl (C=O) groups is 1. The van der Waals surface area contributed by atoms with Crippen LogP contribution in [0.3, 0.4) is 0 Å². The van der Waals surface area contributed by atoms with Gasteiger partial charge in [-0.05, 0) is 42.5 Å². The third-order valence-electron chi connectivity index (χ3n) is 5.48. The number of hydrogen-bond donors (Lipinski definition) is 2. The van der Waals surface area contributed by atoms with Crippen LogP contribution in [0, 0.1) is 11.6 Å². The van der Waals surface area contributed by atoms with Crippen molar-refractivity contribution < 1.29 is 31.5 Å². The SMILES string of the molecule is CS(=O)(=O)NC(=O)c1cc2c3c(c(-c4ccc[nH]c4=O)cc2n1Cc1cc(F)ccc1F)OCO3. The number of halogens is 2. The summed E-state index contributed by atoms with van der Waals surface area (Å²) in [5.74, 6) is -1.89. The van der Waals surface area contributed by atoms with Crippen molar-refractivity contribution in [2.75, 3.05) is 13.0 Å². The summed E-state index contributed by atoms with van der Waals surface area (Å²) in [6, 6.07) is 9.02. The number of fused-ring (bicyclic) bond motifs is 3. The molecule has 9 nitrogen and oxygen atoms in total. The molecule has 2 aromatic carbocycles. The number of rotatable bonds is 5. The summed E-state index contributed by atoms with van der Waals surface area (Å²) in [7, 11) is -3.93. The lowest BCUT2D eigenvalue weighted by Crippen LogP contribution is -2.31. The van der Waals surface area contributed by atoms with Crippen LogP contribution in [0.4, 0.5) is 8.78 Å². The van der Waals surface area contributed by atoms with Gasteiger partial charge < -0.3 is 19.0 Å². The lowest BCUT2D eigenvalue weighted by atomic mass is 10.0. The summed E-state index contributed by atoms with van der Waals surface area (Å²) in [5.41, 5.74) is 0.284. The van der Waals surface area contributed by atoms with Crippen LogP contribution < -0.4 is 19.8 Å². The Hall–Kier alpha value is -4.19. The van der Waals surface area contributed by atoms with Gasteiger partial charge in [0.2, 0.25) is 16.8 Å². The Kier molecular flexibility index (Phi) is 5.32. The van der Waals surface area contributed by atoms with Gasteiger partial charge in [-0.2, -0.15) is 0 Å². The second kappa shape index (κ2) is 8.24. The molecule has 2 N–H and O–H groups in total. The lowest BCUT2D eigenvalue weighted by molar-refractivity contribution is 0.0973. The number of benzene rings is 2. The molecule has 12 heteroatoms. The number of hydrogen-bond acceptors (Lipinski definition) is 6. The van der Waals surface area contributed by atoms with Gasteiger partial charge in [-0.25, -0.2) is 21.9 Å². The molecule has 2 aromatic heterocycles. The highest BCUT2D eigenvalue weighted by Gasteiger charge is 2.29. The van der Waals surface area contributed by atoms with Crippen molar-refractivity contribution in [1.29, 1.82) is 0 Å². The molecular formula is C23H17F2N3O6S. The van der Waals surface area contributed by atoms with Crippen molar-refractivity contribution in [1.82, 2.24) is 14.3 Å². The quantitative estimate of drug-likeness (QED) is 0.434. The highest BCUT2D eigenvalue weighted by molar-refractivity contribution is 7.89. The van der Waals surface area contributed by atoms with E-state index < -0.39 is 33.1 Å². The molecule has 3 heterocycles. The molecule has 1 aliphatic heterocycles. The molecule has 5 rings (SSSR count). The van der Waals surface area contributed by atoms with Gasteiger partial charge in [0, 0.05) is 22.7 Å². The molecule has 0 saturated carbocycles. The van der Waals surface area contributed by atoms with E-state index in [9.17, 15) is 26.8 Å². The monoisotopic (exact) mass is 501 g/mol. The van der Waals surface area contributed by atoms with Crippen LogP contribution in [0.15, 0.2) is 53.5 Å². The number of aromatic amines is 1. The van der Waals surface area contributed by atoms with Gasteiger partial charge in [-0.1, -0.05) is 0 Å². The van der Waals surface area contributed by atoms with Crippen LogP contribution in [0.2, 0.25) is 0 Å². The van der Waals surface area contributed by atoms with E-state index in [1.165, 1.54) is 16.8 Å². The number of nitrogens with one attached hydrogen (secondary N) is 2. The Morgan fingerprint density at radius 1 is 1.11 bits per heavy atom. The zero-order valence-corrected chi connectivity index (χ0v) is 18.9. The zero-order valence-electron chi connectivity index (χ0n) is 18.1. The van der Waals surface area contributed by atoms with E-state index in [0.29, 0.717) is 16.5 Å². The molecule has 0 radical (unpaired) electrons. The van der Waals surface area contributed by atoms with Crippen LogP contribution in [-0.4, -0.2) is 36.9 Å². The normalized spacial score (nSPS) is 12.8.